The van der Waals surface area contributed by atoms with Gasteiger partial charge >= 0.3 is 0 Å². The molecule has 0 radical (unpaired) electrons. The van der Waals surface area contributed by atoms with Crippen molar-refractivity contribution in [1.82, 2.24) is 0 Å². The van der Waals surface area contributed by atoms with Gasteiger partial charge in [0.15, 0.2) is 0 Å². The number of hydrogen-bond donors (Lipinski definition) is 0. The van der Waals surface area contributed by atoms with Crippen LogP contribution in [0.2, 0.25) is 0 Å². The van der Waals surface area contributed by atoms with E-state index in [1.165, 1.54) is 21.4 Å². The fourth-order valence-corrected chi connectivity index (χ4v) is 4.56. The van der Waals surface area contributed by atoms with Crippen LogP contribution in [0.25, 0.3) is 0 Å². The number of aryl methyl sites for hydroxylation is 2. The van der Waals surface area contributed by atoms with Crippen LogP contribution >= 0.6 is 43.2 Å². The van der Waals surface area contributed by atoms with Crippen LogP contribution in [0.5, 0.6) is 0 Å². The summed E-state index contributed by atoms with van der Waals surface area (Å²) in [6.45, 7) is 4.18. The van der Waals surface area contributed by atoms with Crippen LogP contribution in [0.15, 0.2) is 28.7 Å². The van der Waals surface area contributed by atoms with Gasteiger partial charge in [-0.25, -0.2) is 4.39 Å². The van der Waals surface area contributed by atoms with Gasteiger partial charge in [-0.3, -0.25) is 0 Å². The third-order valence-corrected chi connectivity index (χ3v) is 5.41. The van der Waals surface area contributed by atoms with Gasteiger partial charge in [-0.15, -0.1) is 11.3 Å². The van der Waals surface area contributed by atoms with Crippen molar-refractivity contribution in [2.75, 3.05) is 0 Å². The number of hydrogen-bond acceptors (Lipinski definition) is 1. The highest BCUT2D eigenvalue weighted by Gasteiger charge is 2.18. The van der Waals surface area contributed by atoms with Gasteiger partial charge in [-0.2, -0.15) is 0 Å². The van der Waals surface area contributed by atoms with Crippen LogP contribution in [0.4, 0.5) is 4.39 Å². The lowest BCUT2D eigenvalue weighted by Gasteiger charge is -2.12. The molecule has 17 heavy (non-hydrogen) atoms. The van der Waals surface area contributed by atoms with E-state index in [9.17, 15) is 4.39 Å². The number of benzene rings is 1. The summed E-state index contributed by atoms with van der Waals surface area (Å²) in [7, 11) is 0. The van der Waals surface area contributed by atoms with E-state index in [0.29, 0.717) is 4.47 Å². The molecule has 0 nitrogen and oxygen atoms in total. The van der Waals surface area contributed by atoms with E-state index in [0.717, 1.165) is 5.56 Å². The predicted molar refractivity (Wildman–Crippen MR) is 78.7 cm³/mol. The minimum absolute atomic E-state index is 0.0255. The van der Waals surface area contributed by atoms with Crippen molar-refractivity contribution in [3.8, 4) is 0 Å². The minimum Gasteiger partial charge on any atom is -0.206 e. The lowest BCUT2D eigenvalue weighted by atomic mass is 10.1. The highest BCUT2D eigenvalue weighted by molar-refractivity contribution is 9.11. The SMILES string of the molecule is Cc1cc(C(Br)c2cccc(F)c2Br)c(C)s1. The van der Waals surface area contributed by atoms with Gasteiger partial charge in [0.25, 0.3) is 0 Å². The topological polar surface area (TPSA) is 0 Å². The van der Waals surface area contributed by atoms with Gasteiger partial charge in [-0.1, -0.05) is 28.1 Å². The van der Waals surface area contributed by atoms with Gasteiger partial charge in [0.05, 0.1) is 9.30 Å². The maximum Gasteiger partial charge on any atom is 0.137 e. The predicted octanol–water partition coefficient (Wildman–Crippen LogP) is 5.75. The maximum atomic E-state index is 13.5. The monoisotopic (exact) mass is 376 g/mol. The van der Waals surface area contributed by atoms with Crippen LogP contribution in [0.3, 0.4) is 0 Å². The number of thiophene rings is 1. The van der Waals surface area contributed by atoms with Gasteiger partial charge < -0.3 is 0 Å². The van der Waals surface area contributed by atoms with Crippen LogP contribution in [0, 0.1) is 19.7 Å². The summed E-state index contributed by atoms with van der Waals surface area (Å²) < 4.78 is 14.0. The molecular formula is C13H11Br2FS. The van der Waals surface area contributed by atoms with Crippen molar-refractivity contribution in [3.63, 3.8) is 0 Å². The highest BCUT2D eigenvalue weighted by Crippen LogP contribution is 2.40. The van der Waals surface area contributed by atoms with E-state index in [-0.39, 0.29) is 10.6 Å². The molecule has 0 aliphatic carbocycles. The lowest BCUT2D eigenvalue weighted by molar-refractivity contribution is 0.619. The summed E-state index contributed by atoms with van der Waals surface area (Å²) in [4.78, 5) is 2.56. The summed E-state index contributed by atoms with van der Waals surface area (Å²) in [5, 5.41) is 0. The number of alkyl halides is 1. The van der Waals surface area contributed by atoms with Crippen molar-refractivity contribution < 1.29 is 4.39 Å². The molecule has 0 N–H and O–H groups in total. The maximum absolute atomic E-state index is 13.5. The molecule has 0 amide bonds. The number of halogens is 3. The Bertz CT molecular complexity index is 548. The van der Waals surface area contributed by atoms with Crippen LogP contribution in [0.1, 0.15) is 25.7 Å². The molecule has 1 aromatic carbocycles. The first-order valence-corrected chi connectivity index (χ1v) is 7.68. The molecule has 0 fully saturated rings. The third kappa shape index (κ3) is 2.64. The average molecular weight is 378 g/mol. The molecule has 0 spiro atoms. The number of rotatable bonds is 2. The normalized spacial score (nSPS) is 12.8. The van der Waals surface area contributed by atoms with Crippen molar-refractivity contribution >= 4 is 43.2 Å². The van der Waals surface area contributed by atoms with Crippen molar-refractivity contribution in [2.45, 2.75) is 18.7 Å². The second kappa shape index (κ2) is 5.21. The van der Waals surface area contributed by atoms with Crippen LogP contribution in [-0.4, -0.2) is 0 Å². The molecule has 0 aliphatic heterocycles. The van der Waals surface area contributed by atoms with Gasteiger partial charge in [0.2, 0.25) is 0 Å². The van der Waals surface area contributed by atoms with E-state index in [1.807, 2.05) is 6.07 Å². The summed E-state index contributed by atoms with van der Waals surface area (Å²) in [5.41, 5.74) is 2.13. The summed E-state index contributed by atoms with van der Waals surface area (Å²) in [6.07, 6.45) is 0. The van der Waals surface area contributed by atoms with E-state index in [2.05, 4.69) is 51.8 Å². The Hall–Kier alpha value is -0.190. The second-order valence-electron chi connectivity index (χ2n) is 3.87. The molecule has 1 unspecified atom stereocenters. The molecule has 0 aliphatic rings. The van der Waals surface area contributed by atoms with E-state index in [1.54, 1.807) is 17.4 Å². The molecule has 2 rings (SSSR count). The van der Waals surface area contributed by atoms with Gasteiger partial charge in [-0.05, 0) is 53.0 Å². The first kappa shape index (κ1) is 13.2. The highest BCUT2D eigenvalue weighted by atomic mass is 79.9. The summed E-state index contributed by atoms with van der Waals surface area (Å²) >= 11 is 8.72. The van der Waals surface area contributed by atoms with Crippen molar-refractivity contribution in [3.05, 3.63) is 55.4 Å². The summed E-state index contributed by atoms with van der Waals surface area (Å²) in [6, 6.07) is 7.27. The average Bonchev–Trinajstić information content (AvgIpc) is 2.61. The molecular weight excluding hydrogens is 367 g/mol. The standard InChI is InChI=1S/C13H11Br2FS/c1-7-6-10(8(2)17-7)12(14)9-4-3-5-11(16)13(9)15/h3-6,12H,1-2H3. The fourth-order valence-electron chi connectivity index (χ4n) is 1.79. The minimum atomic E-state index is -0.225. The Kier molecular flexibility index (Phi) is 4.06. The fraction of sp³-hybridized carbons (Fsp3) is 0.231. The van der Waals surface area contributed by atoms with Crippen LogP contribution < -0.4 is 0 Å². The quantitative estimate of drug-likeness (QED) is 0.584. The first-order chi connectivity index (χ1) is 8.00. The van der Waals surface area contributed by atoms with Gasteiger partial charge in [0.1, 0.15) is 5.82 Å². The molecule has 1 heterocycles. The first-order valence-electron chi connectivity index (χ1n) is 5.15. The smallest absolute Gasteiger partial charge is 0.137 e. The molecule has 1 aromatic heterocycles. The molecule has 2 aromatic rings. The van der Waals surface area contributed by atoms with E-state index >= 15 is 0 Å². The molecule has 4 heteroatoms. The Morgan fingerprint density at radius 1 is 1.24 bits per heavy atom. The molecule has 90 valence electrons. The van der Waals surface area contributed by atoms with Crippen molar-refractivity contribution in [2.24, 2.45) is 0 Å². The Morgan fingerprint density at radius 3 is 2.53 bits per heavy atom. The molecule has 0 bridgehead atoms. The Balaban J connectivity index is 2.47. The Morgan fingerprint density at radius 2 is 1.94 bits per heavy atom. The van der Waals surface area contributed by atoms with E-state index in [4.69, 9.17) is 0 Å². The third-order valence-electron chi connectivity index (χ3n) is 2.61. The molecule has 1 atom stereocenters. The largest absolute Gasteiger partial charge is 0.206 e. The van der Waals surface area contributed by atoms with E-state index < -0.39 is 0 Å². The summed E-state index contributed by atoms with van der Waals surface area (Å²) in [5.74, 6) is -0.225. The zero-order valence-corrected chi connectivity index (χ0v) is 13.4. The lowest BCUT2D eigenvalue weighted by Crippen LogP contribution is -1.95. The van der Waals surface area contributed by atoms with Crippen LogP contribution in [-0.2, 0) is 0 Å². The second-order valence-corrected chi connectivity index (χ2v) is 7.04. The zero-order valence-electron chi connectivity index (χ0n) is 9.43. The zero-order chi connectivity index (χ0) is 12.6. The van der Waals surface area contributed by atoms with Gasteiger partial charge in [0, 0.05) is 9.75 Å². The molecule has 0 saturated heterocycles. The Labute approximate surface area is 121 Å². The van der Waals surface area contributed by atoms with Crippen molar-refractivity contribution in [1.29, 1.82) is 0 Å². The molecule has 0 saturated carbocycles.